The van der Waals surface area contributed by atoms with Crippen LogP contribution in [0.15, 0.2) is 57.5 Å². The lowest BCUT2D eigenvalue weighted by Gasteiger charge is -2.16. The average Bonchev–Trinajstić information content (AvgIpc) is 3.01. The first kappa shape index (κ1) is 37.8. The molecule has 0 spiro atoms. The van der Waals surface area contributed by atoms with Gasteiger partial charge in [-0.2, -0.15) is 0 Å². The minimum atomic E-state index is 0.343. The number of ether oxygens (including phenoxy) is 6. The number of alkyl halides is 4. The quantitative estimate of drug-likeness (QED) is 0.0739. The molecular formula is C32H36Br6O6. The molecule has 0 fully saturated rings. The van der Waals surface area contributed by atoms with E-state index in [-0.39, 0.29) is 0 Å². The molecule has 44 heavy (non-hydrogen) atoms. The molecule has 0 aliphatic rings. The summed E-state index contributed by atoms with van der Waals surface area (Å²) in [6, 6.07) is 15.6. The molecule has 0 amide bonds. The Hall–Kier alpha value is -0.660. The molecule has 242 valence electrons. The van der Waals surface area contributed by atoms with E-state index in [1.807, 2.05) is 48.5 Å². The molecule has 0 radical (unpaired) electrons. The van der Waals surface area contributed by atoms with Gasteiger partial charge in [0.05, 0.1) is 35.4 Å². The van der Waals surface area contributed by atoms with Crippen molar-refractivity contribution < 1.29 is 28.4 Å². The van der Waals surface area contributed by atoms with Crippen LogP contribution in [0.3, 0.4) is 0 Å². The summed E-state index contributed by atoms with van der Waals surface area (Å²) < 4.78 is 37.7. The Morgan fingerprint density at radius 3 is 0.955 bits per heavy atom. The molecule has 3 aromatic rings. The Balaban J connectivity index is 1.68. The number of benzene rings is 3. The molecule has 3 rings (SSSR count). The smallest absolute Gasteiger partial charge is 0.135 e. The predicted octanol–water partition coefficient (Wildman–Crippen LogP) is 11.0. The van der Waals surface area contributed by atoms with Crippen LogP contribution in [0.2, 0.25) is 0 Å². The molecule has 0 N–H and O–H groups in total. The van der Waals surface area contributed by atoms with Gasteiger partial charge in [-0.25, -0.2) is 0 Å². The van der Waals surface area contributed by atoms with E-state index in [9.17, 15) is 0 Å². The summed E-state index contributed by atoms with van der Waals surface area (Å²) in [7, 11) is 0. The maximum atomic E-state index is 6.21. The van der Waals surface area contributed by atoms with E-state index in [4.69, 9.17) is 28.4 Å². The van der Waals surface area contributed by atoms with Crippen molar-refractivity contribution in [3.05, 3.63) is 68.6 Å². The molecule has 12 heteroatoms. The van der Waals surface area contributed by atoms with Crippen molar-refractivity contribution in [3.63, 3.8) is 0 Å². The maximum absolute atomic E-state index is 6.21. The molecule has 0 unspecified atom stereocenters. The Morgan fingerprint density at radius 1 is 0.386 bits per heavy atom. The molecule has 0 atom stereocenters. The molecule has 0 aromatic heterocycles. The minimum absolute atomic E-state index is 0.343. The maximum Gasteiger partial charge on any atom is 0.135 e. The van der Waals surface area contributed by atoms with Crippen molar-refractivity contribution in [1.82, 2.24) is 0 Å². The predicted molar refractivity (Wildman–Crippen MR) is 199 cm³/mol. The SMILES string of the molecule is BrCCCOc1cc(COc2cc(Br)c(OCc3cc(OCCCBr)cc(OCCCBr)c3)cc2Br)cc(OCCCBr)c1. The summed E-state index contributed by atoms with van der Waals surface area (Å²) in [5.41, 5.74) is 1.90. The van der Waals surface area contributed by atoms with Gasteiger partial charge in [0.2, 0.25) is 0 Å². The van der Waals surface area contributed by atoms with Crippen LogP contribution in [0.25, 0.3) is 0 Å². The van der Waals surface area contributed by atoms with E-state index < -0.39 is 0 Å². The molecule has 0 heterocycles. The fourth-order valence-corrected chi connectivity index (χ4v) is 5.58. The molecular weight excluding hydrogens is 960 g/mol. The highest BCUT2D eigenvalue weighted by Gasteiger charge is 2.12. The highest BCUT2D eigenvalue weighted by atomic mass is 79.9. The van der Waals surface area contributed by atoms with Crippen LogP contribution in [-0.2, 0) is 13.2 Å². The molecule has 3 aromatic carbocycles. The lowest BCUT2D eigenvalue weighted by Crippen LogP contribution is -2.04. The van der Waals surface area contributed by atoms with E-state index in [0.29, 0.717) is 51.1 Å². The third-order valence-corrected chi connectivity index (χ3v) is 9.32. The van der Waals surface area contributed by atoms with Crippen LogP contribution in [0.5, 0.6) is 34.5 Å². The third kappa shape index (κ3) is 14.0. The van der Waals surface area contributed by atoms with Gasteiger partial charge in [-0.15, -0.1) is 0 Å². The first-order chi connectivity index (χ1) is 21.4. The van der Waals surface area contributed by atoms with Gasteiger partial charge >= 0.3 is 0 Å². The molecule has 0 saturated carbocycles. The highest BCUT2D eigenvalue weighted by Crippen LogP contribution is 2.37. The van der Waals surface area contributed by atoms with Gasteiger partial charge in [0.25, 0.3) is 0 Å². The summed E-state index contributed by atoms with van der Waals surface area (Å²) in [5.74, 6) is 4.42. The van der Waals surface area contributed by atoms with Gasteiger partial charge in [-0.1, -0.05) is 63.7 Å². The van der Waals surface area contributed by atoms with Crippen LogP contribution >= 0.6 is 95.6 Å². The largest absolute Gasteiger partial charge is 0.493 e. The summed E-state index contributed by atoms with van der Waals surface area (Å²) in [6.07, 6.45) is 3.66. The Kier molecular flexibility index (Phi) is 18.9. The Morgan fingerprint density at radius 2 is 0.682 bits per heavy atom. The zero-order chi connectivity index (χ0) is 31.6. The van der Waals surface area contributed by atoms with Crippen molar-refractivity contribution in [1.29, 1.82) is 0 Å². The highest BCUT2D eigenvalue weighted by molar-refractivity contribution is 9.11. The normalized spacial score (nSPS) is 10.9. The van der Waals surface area contributed by atoms with Gasteiger partial charge in [-0.05, 0) is 105 Å². The number of rotatable bonds is 22. The van der Waals surface area contributed by atoms with Crippen LogP contribution < -0.4 is 28.4 Å². The molecule has 6 nitrogen and oxygen atoms in total. The van der Waals surface area contributed by atoms with E-state index in [1.54, 1.807) is 0 Å². The van der Waals surface area contributed by atoms with Crippen LogP contribution in [0.1, 0.15) is 36.8 Å². The molecule has 0 aliphatic carbocycles. The van der Waals surface area contributed by atoms with Crippen molar-refractivity contribution in [2.24, 2.45) is 0 Å². The van der Waals surface area contributed by atoms with E-state index in [1.165, 1.54) is 0 Å². The second kappa shape index (κ2) is 22.0. The summed E-state index contributed by atoms with van der Waals surface area (Å²) in [6.45, 7) is 3.17. The van der Waals surface area contributed by atoms with E-state index in [2.05, 4.69) is 95.6 Å². The lowest BCUT2D eigenvalue weighted by molar-refractivity contribution is 0.284. The zero-order valence-corrected chi connectivity index (χ0v) is 33.8. The van der Waals surface area contributed by atoms with Gasteiger partial charge < -0.3 is 28.4 Å². The van der Waals surface area contributed by atoms with Gasteiger partial charge in [0.15, 0.2) is 0 Å². The van der Waals surface area contributed by atoms with Crippen LogP contribution in [0, 0.1) is 0 Å². The number of hydrogen-bond acceptors (Lipinski definition) is 6. The number of hydrogen-bond donors (Lipinski definition) is 0. The minimum Gasteiger partial charge on any atom is -0.493 e. The Labute approximate surface area is 311 Å². The molecule has 0 saturated heterocycles. The van der Waals surface area contributed by atoms with Crippen molar-refractivity contribution >= 4 is 95.6 Å². The van der Waals surface area contributed by atoms with Gasteiger partial charge in [-0.3, -0.25) is 0 Å². The Bertz CT molecular complexity index is 1120. The van der Waals surface area contributed by atoms with Crippen molar-refractivity contribution in [3.8, 4) is 34.5 Å². The van der Waals surface area contributed by atoms with Gasteiger partial charge in [0, 0.05) is 33.5 Å². The summed E-state index contributed by atoms with van der Waals surface area (Å²) in [5, 5.41) is 3.55. The molecule has 0 aliphatic heterocycles. The first-order valence-electron chi connectivity index (χ1n) is 14.2. The van der Waals surface area contributed by atoms with E-state index in [0.717, 1.165) is 90.1 Å². The second-order valence-electron chi connectivity index (χ2n) is 9.48. The monoisotopic (exact) mass is 990 g/mol. The van der Waals surface area contributed by atoms with Crippen molar-refractivity contribution in [2.75, 3.05) is 47.7 Å². The standard InChI is InChI=1S/C32H36Br6O6/c33-5-1-9-39-25-13-23(14-26(17-25)40-10-2-6-34)21-43-31-19-30(38)32(20-29(31)37)44-22-24-15-27(41-11-3-7-35)18-28(16-24)42-12-4-8-36/h13-20H,1-12,21-22H2. The van der Waals surface area contributed by atoms with Crippen LogP contribution in [0.4, 0.5) is 0 Å². The topological polar surface area (TPSA) is 55.4 Å². The average molecular weight is 996 g/mol. The van der Waals surface area contributed by atoms with Crippen LogP contribution in [-0.4, -0.2) is 47.7 Å². The third-order valence-electron chi connectivity index (χ3n) is 5.84. The second-order valence-corrected chi connectivity index (χ2v) is 14.4. The first-order valence-corrected chi connectivity index (χ1v) is 20.3. The van der Waals surface area contributed by atoms with E-state index >= 15 is 0 Å². The van der Waals surface area contributed by atoms with Gasteiger partial charge in [0.1, 0.15) is 47.7 Å². The lowest BCUT2D eigenvalue weighted by atomic mass is 10.2. The van der Waals surface area contributed by atoms with Crippen molar-refractivity contribution in [2.45, 2.75) is 38.9 Å². The zero-order valence-electron chi connectivity index (χ0n) is 24.2. The summed E-state index contributed by atoms with van der Waals surface area (Å²) >= 11 is 21.1. The number of halogens is 6. The fraction of sp³-hybridized carbons (Fsp3) is 0.438. The summed E-state index contributed by atoms with van der Waals surface area (Å²) in [4.78, 5) is 0. The fourth-order valence-electron chi connectivity index (χ4n) is 3.79. The molecule has 0 bridgehead atoms.